The van der Waals surface area contributed by atoms with Crippen LogP contribution in [0.3, 0.4) is 0 Å². The largest absolute Gasteiger partial charge is 0.351 e. The Morgan fingerprint density at radius 3 is 2.25 bits per heavy atom. The Bertz CT molecular complexity index is 991. The van der Waals surface area contributed by atoms with E-state index in [0.29, 0.717) is 17.6 Å². The first-order chi connectivity index (χ1) is 15.7. The molecule has 0 spiro atoms. The van der Waals surface area contributed by atoms with Gasteiger partial charge in [-0.3, -0.25) is 4.79 Å². The number of anilines is 2. The van der Waals surface area contributed by atoms with Gasteiger partial charge in [-0.25, -0.2) is 9.97 Å². The van der Waals surface area contributed by atoms with E-state index >= 15 is 0 Å². The fourth-order valence-electron chi connectivity index (χ4n) is 4.13. The Morgan fingerprint density at radius 1 is 0.906 bits per heavy atom. The van der Waals surface area contributed by atoms with Crippen molar-refractivity contribution in [1.82, 2.24) is 9.97 Å². The van der Waals surface area contributed by atoms with Gasteiger partial charge in [-0.1, -0.05) is 56.9 Å². The van der Waals surface area contributed by atoms with Gasteiger partial charge in [-0.15, -0.1) is 0 Å². The number of aromatic nitrogens is 2. The second-order valence-corrected chi connectivity index (χ2v) is 8.61. The van der Waals surface area contributed by atoms with Gasteiger partial charge < -0.3 is 10.6 Å². The van der Waals surface area contributed by atoms with Crippen LogP contribution in [-0.2, 0) is 6.42 Å². The standard InChI is InChI=1S/C27H32N4O/c1-2-3-7-20-10-16-25(17-11-20)30-26(32)22-14-12-21(13-15-22)23-18-28-27(29-19-23)31-24-8-5-4-6-9-24/h10-19,24H,2-9H2,1H3,(H,30,32)(H,28,29,31). The van der Waals surface area contributed by atoms with Crippen LogP contribution >= 0.6 is 0 Å². The summed E-state index contributed by atoms with van der Waals surface area (Å²) in [6.45, 7) is 2.19. The molecule has 166 valence electrons. The lowest BCUT2D eigenvalue weighted by Gasteiger charge is -2.22. The van der Waals surface area contributed by atoms with Crippen LogP contribution in [0.2, 0.25) is 0 Å². The van der Waals surface area contributed by atoms with Crippen LogP contribution < -0.4 is 10.6 Å². The normalized spacial score (nSPS) is 14.2. The SMILES string of the molecule is CCCCc1ccc(NC(=O)c2ccc(-c3cnc(NC4CCCCC4)nc3)cc2)cc1. The second kappa shape index (κ2) is 10.9. The maximum atomic E-state index is 12.6. The number of rotatable bonds is 8. The zero-order valence-electron chi connectivity index (χ0n) is 18.8. The lowest BCUT2D eigenvalue weighted by atomic mass is 9.96. The minimum atomic E-state index is -0.110. The molecular formula is C27H32N4O. The van der Waals surface area contributed by atoms with Crippen molar-refractivity contribution < 1.29 is 4.79 Å². The third-order valence-electron chi connectivity index (χ3n) is 6.10. The monoisotopic (exact) mass is 428 g/mol. The molecule has 0 unspecified atom stereocenters. The van der Waals surface area contributed by atoms with Crippen molar-refractivity contribution in [3.8, 4) is 11.1 Å². The summed E-state index contributed by atoms with van der Waals surface area (Å²) in [5.41, 5.74) is 4.67. The number of carbonyl (C=O) groups is 1. The summed E-state index contributed by atoms with van der Waals surface area (Å²) in [5, 5.41) is 6.42. The summed E-state index contributed by atoms with van der Waals surface area (Å²) in [7, 11) is 0. The van der Waals surface area contributed by atoms with Gasteiger partial charge in [0.25, 0.3) is 5.91 Å². The predicted octanol–water partition coefficient (Wildman–Crippen LogP) is 6.48. The van der Waals surface area contributed by atoms with E-state index in [9.17, 15) is 4.79 Å². The Kier molecular flexibility index (Phi) is 7.49. The number of nitrogens with one attached hydrogen (secondary N) is 2. The molecule has 1 aliphatic rings. The number of aryl methyl sites for hydroxylation is 1. The van der Waals surface area contributed by atoms with Gasteiger partial charge >= 0.3 is 0 Å². The first-order valence-corrected chi connectivity index (χ1v) is 11.8. The van der Waals surface area contributed by atoms with Crippen molar-refractivity contribution in [3.63, 3.8) is 0 Å². The van der Waals surface area contributed by atoms with E-state index in [1.54, 1.807) is 0 Å². The fraction of sp³-hybridized carbons (Fsp3) is 0.370. The highest BCUT2D eigenvalue weighted by Gasteiger charge is 2.14. The number of hydrogen-bond donors (Lipinski definition) is 2. The molecule has 2 aromatic carbocycles. The van der Waals surface area contributed by atoms with E-state index in [1.807, 2.05) is 48.8 Å². The highest BCUT2D eigenvalue weighted by Crippen LogP contribution is 2.22. The predicted molar refractivity (Wildman–Crippen MR) is 131 cm³/mol. The Morgan fingerprint density at radius 2 is 1.59 bits per heavy atom. The Hall–Kier alpha value is -3.21. The van der Waals surface area contributed by atoms with Crippen LogP contribution in [0.25, 0.3) is 11.1 Å². The van der Waals surface area contributed by atoms with Crippen molar-refractivity contribution in [1.29, 1.82) is 0 Å². The van der Waals surface area contributed by atoms with Crippen molar-refractivity contribution in [2.24, 2.45) is 0 Å². The molecule has 5 nitrogen and oxygen atoms in total. The van der Waals surface area contributed by atoms with Crippen LogP contribution in [0.5, 0.6) is 0 Å². The third-order valence-corrected chi connectivity index (χ3v) is 6.10. The summed E-state index contributed by atoms with van der Waals surface area (Å²) < 4.78 is 0. The number of hydrogen-bond acceptors (Lipinski definition) is 4. The molecule has 32 heavy (non-hydrogen) atoms. The van der Waals surface area contributed by atoms with Crippen molar-refractivity contribution in [2.75, 3.05) is 10.6 Å². The topological polar surface area (TPSA) is 66.9 Å². The van der Waals surface area contributed by atoms with E-state index in [4.69, 9.17) is 0 Å². The van der Waals surface area contributed by atoms with Crippen LogP contribution in [0.15, 0.2) is 60.9 Å². The summed E-state index contributed by atoms with van der Waals surface area (Å²) in [4.78, 5) is 21.6. The zero-order chi connectivity index (χ0) is 22.2. The van der Waals surface area contributed by atoms with E-state index < -0.39 is 0 Å². The maximum Gasteiger partial charge on any atom is 0.255 e. The van der Waals surface area contributed by atoms with Gasteiger partial charge in [0.2, 0.25) is 5.95 Å². The van der Waals surface area contributed by atoms with E-state index in [1.165, 1.54) is 50.5 Å². The molecule has 0 bridgehead atoms. The average molecular weight is 429 g/mol. The molecule has 0 atom stereocenters. The number of carbonyl (C=O) groups excluding carboxylic acids is 1. The molecule has 1 aliphatic carbocycles. The molecule has 2 N–H and O–H groups in total. The lowest BCUT2D eigenvalue weighted by Crippen LogP contribution is -2.23. The first kappa shape index (κ1) is 22.0. The fourth-order valence-corrected chi connectivity index (χ4v) is 4.13. The van der Waals surface area contributed by atoms with Crippen molar-refractivity contribution >= 4 is 17.5 Å². The molecule has 3 aromatic rings. The van der Waals surface area contributed by atoms with Gasteiger partial charge in [-0.05, 0) is 61.1 Å². The van der Waals surface area contributed by atoms with Crippen molar-refractivity contribution in [2.45, 2.75) is 64.3 Å². The molecule has 4 rings (SSSR count). The Balaban J connectivity index is 1.34. The molecule has 0 radical (unpaired) electrons. The number of nitrogens with zero attached hydrogens (tertiary/aromatic N) is 2. The van der Waals surface area contributed by atoms with Gasteiger partial charge in [0, 0.05) is 35.2 Å². The smallest absolute Gasteiger partial charge is 0.255 e. The minimum Gasteiger partial charge on any atom is -0.351 e. The molecular weight excluding hydrogens is 396 g/mol. The third kappa shape index (κ3) is 5.94. The highest BCUT2D eigenvalue weighted by molar-refractivity contribution is 6.04. The summed E-state index contributed by atoms with van der Waals surface area (Å²) in [6, 6.07) is 16.2. The van der Waals surface area contributed by atoms with Crippen LogP contribution in [0.4, 0.5) is 11.6 Å². The van der Waals surface area contributed by atoms with Crippen LogP contribution in [0.1, 0.15) is 67.8 Å². The summed E-state index contributed by atoms with van der Waals surface area (Å²) in [6.07, 6.45) is 13.4. The number of amides is 1. The van der Waals surface area contributed by atoms with Gasteiger partial charge in [0.1, 0.15) is 0 Å². The van der Waals surface area contributed by atoms with E-state index in [2.05, 4.69) is 39.7 Å². The maximum absolute atomic E-state index is 12.6. The molecule has 1 fully saturated rings. The van der Waals surface area contributed by atoms with E-state index in [0.717, 1.165) is 23.2 Å². The molecule has 1 aromatic heterocycles. The average Bonchev–Trinajstić information content (AvgIpc) is 2.85. The minimum absolute atomic E-state index is 0.110. The quantitative estimate of drug-likeness (QED) is 0.431. The molecule has 1 heterocycles. The Labute approximate surface area is 190 Å². The van der Waals surface area contributed by atoms with Gasteiger partial charge in [0.05, 0.1) is 0 Å². The zero-order valence-corrected chi connectivity index (χ0v) is 18.8. The van der Waals surface area contributed by atoms with Crippen LogP contribution in [0, 0.1) is 0 Å². The lowest BCUT2D eigenvalue weighted by molar-refractivity contribution is 0.102. The number of benzene rings is 2. The molecule has 0 aliphatic heterocycles. The molecule has 0 saturated heterocycles. The molecule has 5 heteroatoms. The summed E-state index contributed by atoms with van der Waals surface area (Å²) in [5.74, 6) is 0.582. The van der Waals surface area contributed by atoms with Gasteiger partial charge in [0.15, 0.2) is 0 Å². The molecule has 1 saturated carbocycles. The highest BCUT2D eigenvalue weighted by atomic mass is 16.1. The first-order valence-electron chi connectivity index (χ1n) is 11.8. The molecule has 1 amide bonds. The van der Waals surface area contributed by atoms with E-state index in [-0.39, 0.29) is 5.91 Å². The van der Waals surface area contributed by atoms with Gasteiger partial charge in [-0.2, -0.15) is 0 Å². The summed E-state index contributed by atoms with van der Waals surface area (Å²) >= 11 is 0. The number of unbranched alkanes of at least 4 members (excludes halogenated alkanes) is 1. The van der Waals surface area contributed by atoms with Crippen molar-refractivity contribution in [3.05, 3.63) is 72.1 Å². The van der Waals surface area contributed by atoms with Crippen LogP contribution in [-0.4, -0.2) is 21.9 Å². The second-order valence-electron chi connectivity index (χ2n) is 8.61.